The maximum Gasteiger partial charge on any atom is 0.288 e. The minimum Gasteiger partial charge on any atom is -0.349 e. The van der Waals surface area contributed by atoms with E-state index in [0.29, 0.717) is 5.92 Å². The molecule has 5 nitrogen and oxygen atoms in total. The molecular weight excluding hydrogens is 256 g/mol. The standard InChI is InChI=1S/C12H13ClN2O3/c1-7(8-2-3-8)14-12(16)9-4-5-10(13)11(6-9)15(17)18/h4-8H,2-3H2,1H3,(H,14,16)/t7-/m0/s1. The van der Waals surface area contributed by atoms with Crippen LogP contribution in [0.25, 0.3) is 0 Å². The molecule has 0 radical (unpaired) electrons. The van der Waals surface area contributed by atoms with Crippen LogP contribution in [0.2, 0.25) is 5.02 Å². The van der Waals surface area contributed by atoms with Crippen LogP contribution in [0, 0.1) is 16.0 Å². The fourth-order valence-corrected chi connectivity index (χ4v) is 1.98. The first-order chi connectivity index (χ1) is 8.49. The van der Waals surface area contributed by atoms with Crippen molar-refractivity contribution < 1.29 is 9.72 Å². The van der Waals surface area contributed by atoms with Gasteiger partial charge in [0.2, 0.25) is 0 Å². The van der Waals surface area contributed by atoms with Crippen molar-refractivity contribution in [3.63, 3.8) is 0 Å². The van der Waals surface area contributed by atoms with E-state index in [2.05, 4.69) is 5.32 Å². The lowest BCUT2D eigenvalue weighted by molar-refractivity contribution is -0.384. The van der Waals surface area contributed by atoms with Gasteiger partial charge in [0.15, 0.2) is 0 Å². The van der Waals surface area contributed by atoms with Gasteiger partial charge in [-0.05, 0) is 37.8 Å². The second kappa shape index (κ2) is 4.94. The lowest BCUT2D eigenvalue weighted by Gasteiger charge is -2.12. The molecule has 2 rings (SSSR count). The highest BCUT2D eigenvalue weighted by atomic mass is 35.5. The highest BCUT2D eigenvalue weighted by Gasteiger charge is 2.29. The molecule has 1 amide bonds. The number of halogens is 1. The summed E-state index contributed by atoms with van der Waals surface area (Å²) in [4.78, 5) is 22.0. The predicted molar refractivity (Wildman–Crippen MR) is 67.8 cm³/mol. The fourth-order valence-electron chi connectivity index (χ4n) is 1.80. The summed E-state index contributed by atoms with van der Waals surface area (Å²) in [5.41, 5.74) is 0.0157. The Morgan fingerprint density at radius 1 is 1.56 bits per heavy atom. The summed E-state index contributed by atoms with van der Waals surface area (Å²) in [6, 6.07) is 4.17. The molecule has 0 bridgehead atoms. The van der Waals surface area contributed by atoms with Crippen LogP contribution < -0.4 is 5.32 Å². The molecule has 0 aromatic heterocycles. The molecule has 0 aliphatic heterocycles. The quantitative estimate of drug-likeness (QED) is 0.674. The van der Waals surface area contributed by atoms with Crippen LogP contribution in [0.15, 0.2) is 18.2 Å². The van der Waals surface area contributed by atoms with Crippen LogP contribution in [0.4, 0.5) is 5.69 Å². The third-order valence-corrected chi connectivity index (χ3v) is 3.41. The van der Waals surface area contributed by atoms with Crippen LogP contribution in [0.1, 0.15) is 30.1 Å². The Morgan fingerprint density at radius 2 is 2.22 bits per heavy atom. The first kappa shape index (κ1) is 12.8. The van der Waals surface area contributed by atoms with E-state index in [1.807, 2.05) is 6.92 Å². The zero-order valence-corrected chi connectivity index (χ0v) is 10.6. The summed E-state index contributed by atoms with van der Waals surface area (Å²) in [6.45, 7) is 1.94. The van der Waals surface area contributed by atoms with E-state index in [-0.39, 0.29) is 28.2 Å². The number of nitro groups is 1. The number of nitrogens with zero attached hydrogens (tertiary/aromatic N) is 1. The zero-order chi connectivity index (χ0) is 13.3. The van der Waals surface area contributed by atoms with Crippen molar-refractivity contribution in [2.75, 3.05) is 0 Å². The van der Waals surface area contributed by atoms with E-state index in [0.717, 1.165) is 12.8 Å². The Bertz CT molecular complexity index is 500. The lowest BCUT2D eigenvalue weighted by atomic mass is 10.1. The van der Waals surface area contributed by atoms with Crippen LogP contribution in [-0.4, -0.2) is 16.9 Å². The van der Waals surface area contributed by atoms with E-state index < -0.39 is 4.92 Å². The SMILES string of the molecule is C[C@H](NC(=O)c1ccc(Cl)c([N+](=O)[O-])c1)C1CC1. The molecule has 1 fully saturated rings. The van der Waals surface area contributed by atoms with Crippen molar-refractivity contribution in [3.8, 4) is 0 Å². The van der Waals surface area contributed by atoms with Gasteiger partial charge in [-0.25, -0.2) is 0 Å². The van der Waals surface area contributed by atoms with Crippen molar-refractivity contribution >= 4 is 23.2 Å². The lowest BCUT2D eigenvalue weighted by Crippen LogP contribution is -2.33. The van der Waals surface area contributed by atoms with Gasteiger partial charge in [-0.1, -0.05) is 11.6 Å². The van der Waals surface area contributed by atoms with Gasteiger partial charge >= 0.3 is 0 Å². The summed E-state index contributed by atoms with van der Waals surface area (Å²) in [5, 5.41) is 13.6. The summed E-state index contributed by atoms with van der Waals surface area (Å²) < 4.78 is 0. The highest BCUT2D eigenvalue weighted by Crippen LogP contribution is 2.32. The first-order valence-corrected chi connectivity index (χ1v) is 6.11. The number of nitrogens with one attached hydrogen (secondary N) is 1. The molecule has 96 valence electrons. The molecule has 1 atom stereocenters. The fraction of sp³-hybridized carbons (Fsp3) is 0.417. The van der Waals surface area contributed by atoms with E-state index in [1.54, 1.807) is 0 Å². The Balaban J connectivity index is 2.14. The van der Waals surface area contributed by atoms with Crippen LogP contribution >= 0.6 is 11.6 Å². The molecule has 1 N–H and O–H groups in total. The smallest absolute Gasteiger partial charge is 0.288 e. The summed E-state index contributed by atoms with van der Waals surface area (Å²) in [7, 11) is 0. The number of nitro benzene ring substituents is 1. The Morgan fingerprint density at radius 3 is 2.78 bits per heavy atom. The van der Waals surface area contributed by atoms with E-state index in [9.17, 15) is 14.9 Å². The molecule has 1 aliphatic rings. The number of hydrogen-bond donors (Lipinski definition) is 1. The largest absolute Gasteiger partial charge is 0.349 e. The van der Waals surface area contributed by atoms with Crippen LogP contribution in [0.3, 0.4) is 0 Å². The minimum absolute atomic E-state index is 0.0341. The van der Waals surface area contributed by atoms with Gasteiger partial charge < -0.3 is 5.32 Å². The topological polar surface area (TPSA) is 72.2 Å². The molecule has 0 unspecified atom stereocenters. The van der Waals surface area contributed by atoms with Gasteiger partial charge in [-0.2, -0.15) is 0 Å². The molecular formula is C12H13ClN2O3. The minimum atomic E-state index is -0.594. The van der Waals surface area contributed by atoms with Gasteiger partial charge in [0.25, 0.3) is 11.6 Å². The average molecular weight is 269 g/mol. The van der Waals surface area contributed by atoms with E-state index in [1.165, 1.54) is 18.2 Å². The van der Waals surface area contributed by atoms with E-state index in [4.69, 9.17) is 11.6 Å². The number of amides is 1. The normalized spacial score (nSPS) is 16.1. The Hall–Kier alpha value is -1.62. The van der Waals surface area contributed by atoms with Gasteiger partial charge in [0, 0.05) is 17.7 Å². The number of benzene rings is 1. The van der Waals surface area contributed by atoms with Gasteiger partial charge in [0.1, 0.15) is 5.02 Å². The third kappa shape index (κ3) is 2.79. The zero-order valence-electron chi connectivity index (χ0n) is 9.85. The molecule has 1 aromatic rings. The molecule has 0 heterocycles. The van der Waals surface area contributed by atoms with Crippen molar-refractivity contribution in [3.05, 3.63) is 38.9 Å². The molecule has 1 aromatic carbocycles. The molecule has 18 heavy (non-hydrogen) atoms. The van der Waals surface area contributed by atoms with Gasteiger partial charge in [-0.3, -0.25) is 14.9 Å². The summed E-state index contributed by atoms with van der Waals surface area (Å²) >= 11 is 5.69. The Kier molecular flexibility index (Phi) is 3.52. The third-order valence-electron chi connectivity index (χ3n) is 3.09. The summed E-state index contributed by atoms with van der Waals surface area (Å²) in [5.74, 6) is 0.241. The van der Waals surface area contributed by atoms with Crippen molar-refractivity contribution in [1.29, 1.82) is 0 Å². The number of rotatable bonds is 4. The molecule has 0 saturated heterocycles. The monoisotopic (exact) mass is 268 g/mol. The van der Waals surface area contributed by atoms with E-state index >= 15 is 0 Å². The number of hydrogen-bond acceptors (Lipinski definition) is 3. The molecule has 1 aliphatic carbocycles. The highest BCUT2D eigenvalue weighted by molar-refractivity contribution is 6.32. The number of carbonyl (C=O) groups is 1. The van der Waals surface area contributed by atoms with Crippen LogP contribution in [-0.2, 0) is 0 Å². The van der Waals surface area contributed by atoms with Gasteiger partial charge in [0.05, 0.1) is 4.92 Å². The van der Waals surface area contributed by atoms with Crippen molar-refractivity contribution in [2.24, 2.45) is 5.92 Å². The van der Waals surface area contributed by atoms with Crippen molar-refractivity contribution in [1.82, 2.24) is 5.32 Å². The predicted octanol–water partition coefficient (Wildman–Crippen LogP) is 2.78. The maximum absolute atomic E-state index is 11.9. The average Bonchev–Trinajstić information content (AvgIpc) is 3.12. The molecule has 6 heteroatoms. The van der Waals surface area contributed by atoms with Crippen molar-refractivity contribution in [2.45, 2.75) is 25.8 Å². The molecule has 1 saturated carbocycles. The first-order valence-electron chi connectivity index (χ1n) is 5.74. The number of carbonyl (C=O) groups excluding carboxylic acids is 1. The molecule has 0 spiro atoms. The second-order valence-corrected chi connectivity index (χ2v) is 4.93. The summed E-state index contributed by atoms with van der Waals surface area (Å²) in [6.07, 6.45) is 2.25. The maximum atomic E-state index is 11.9. The second-order valence-electron chi connectivity index (χ2n) is 4.52. The van der Waals surface area contributed by atoms with Gasteiger partial charge in [-0.15, -0.1) is 0 Å². The van der Waals surface area contributed by atoms with Crippen LogP contribution in [0.5, 0.6) is 0 Å². The Labute approximate surface area is 109 Å².